The van der Waals surface area contributed by atoms with Gasteiger partial charge in [-0.2, -0.15) is 5.10 Å². The Morgan fingerprint density at radius 2 is 2.39 bits per heavy atom. The molecule has 5 heteroatoms. The first kappa shape index (κ1) is 14.0. The van der Waals surface area contributed by atoms with Crippen molar-refractivity contribution >= 4 is 15.9 Å². The summed E-state index contributed by atoms with van der Waals surface area (Å²) in [6.07, 6.45) is 4.85. The Hall–Kier alpha value is -0.390. The number of halogens is 1. The quantitative estimate of drug-likeness (QED) is 0.908. The molecule has 1 aliphatic rings. The van der Waals surface area contributed by atoms with Crippen molar-refractivity contribution in [3.8, 4) is 0 Å². The molecule has 0 spiro atoms. The van der Waals surface area contributed by atoms with Crippen molar-refractivity contribution in [1.29, 1.82) is 0 Å². The SMILES string of the molecule is COCCn1ncc(Br)c1C(O)C1CCCC1C. The van der Waals surface area contributed by atoms with Crippen LogP contribution in [0.5, 0.6) is 0 Å². The molecule has 0 radical (unpaired) electrons. The lowest BCUT2D eigenvalue weighted by atomic mass is 9.90. The van der Waals surface area contributed by atoms with Crippen LogP contribution in [0.25, 0.3) is 0 Å². The highest BCUT2D eigenvalue weighted by Gasteiger charge is 2.33. The molecule has 1 aromatic heterocycles. The van der Waals surface area contributed by atoms with E-state index in [1.54, 1.807) is 13.3 Å². The fourth-order valence-corrected chi connectivity index (χ4v) is 3.40. The predicted molar refractivity (Wildman–Crippen MR) is 73.3 cm³/mol. The third kappa shape index (κ3) is 2.78. The number of aliphatic hydroxyl groups is 1. The Bertz CT molecular complexity index is 394. The second-order valence-electron chi connectivity index (χ2n) is 5.11. The van der Waals surface area contributed by atoms with Gasteiger partial charge in [-0.25, -0.2) is 0 Å². The molecule has 0 amide bonds. The largest absolute Gasteiger partial charge is 0.386 e. The fourth-order valence-electron chi connectivity index (χ4n) is 2.87. The number of rotatable bonds is 5. The molecule has 1 aliphatic carbocycles. The van der Waals surface area contributed by atoms with E-state index in [1.807, 2.05) is 4.68 Å². The van der Waals surface area contributed by atoms with Gasteiger partial charge < -0.3 is 9.84 Å². The monoisotopic (exact) mass is 316 g/mol. The summed E-state index contributed by atoms with van der Waals surface area (Å²) in [6, 6.07) is 0. The van der Waals surface area contributed by atoms with Gasteiger partial charge in [0.25, 0.3) is 0 Å². The highest BCUT2D eigenvalue weighted by atomic mass is 79.9. The van der Waals surface area contributed by atoms with Crippen molar-refractivity contribution in [2.75, 3.05) is 13.7 Å². The molecule has 1 heterocycles. The summed E-state index contributed by atoms with van der Waals surface area (Å²) in [5.41, 5.74) is 0.894. The Kier molecular flexibility index (Phi) is 4.81. The molecule has 4 nitrogen and oxygen atoms in total. The van der Waals surface area contributed by atoms with E-state index >= 15 is 0 Å². The van der Waals surface area contributed by atoms with Crippen molar-refractivity contribution in [1.82, 2.24) is 9.78 Å². The van der Waals surface area contributed by atoms with Gasteiger partial charge in [0.15, 0.2) is 0 Å². The molecule has 1 fully saturated rings. The Labute approximate surface area is 116 Å². The van der Waals surface area contributed by atoms with Crippen molar-refractivity contribution in [3.05, 3.63) is 16.4 Å². The molecular weight excluding hydrogens is 296 g/mol. The Morgan fingerprint density at radius 3 is 3.00 bits per heavy atom. The summed E-state index contributed by atoms with van der Waals surface area (Å²) in [6.45, 7) is 3.51. The van der Waals surface area contributed by atoms with E-state index in [0.29, 0.717) is 25.0 Å². The minimum Gasteiger partial charge on any atom is -0.386 e. The van der Waals surface area contributed by atoms with Crippen molar-refractivity contribution in [2.45, 2.75) is 38.8 Å². The molecule has 0 aliphatic heterocycles. The van der Waals surface area contributed by atoms with Crippen LogP contribution in [0.15, 0.2) is 10.7 Å². The zero-order valence-electron chi connectivity index (χ0n) is 11.0. The van der Waals surface area contributed by atoms with Crippen LogP contribution in [0.3, 0.4) is 0 Å². The number of hydrogen-bond acceptors (Lipinski definition) is 3. The number of aromatic nitrogens is 2. The fraction of sp³-hybridized carbons (Fsp3) is 0.769. The highest BCUT2D eigenvalue weighted by molar-refractivity contribution is 9.10. The van der Waals surface area contributed by atoms with E-state index < -0.39 is 6.10 Å². The van der Waals surface area contributed by atoms with Crippen LogP contribution in [0, 0.1) is 11.8 Å². The van der Waals surface area contributed by atoms with Gasteiger partial charge >= 0.3 is 0 Å². The Morgan fingerprint density at radius 1 is 1.61 bits per heavy atom. The van der Waals surface area contributed by atoms with Crippen LogP contribution >= 0.6 is 15.9 Å². The Balaban J connectivity index is 2.17. The molecular formula is C13H21BrN2O2. The molecule has 1 N–H and O–H groups in total. The molecule has 18 heavy (non-hydrogen) atoms. The lowest BCUT2D eigenvalue weighted by molar-refractivity contribution is 0.0785. The molecule has 3 unspecified atom stereocenters. The minimum absolute atomic E-state index is 0.347. The third-order valence-electron chi connectivity index (χ3n) is 3.95. The highest BCUT2D eigenvalue weighted by Crippen LogP contribution is 2.41. The molecule has 3 atom stereocenters. The van der Waals surface area contributed by atoms with Gasteiger partial charge in [-0.3, -0.25) is 4.68 Å². The van der Waals surface area contributed by atoms with Crippen LogP contribution in [0.1, 0.15) is 38.0 Å². The number of aliphatic hydroxyl groups excluding tert-OH is 1. The number of methoxy groups -OCH3 is 1. The summed E-state index contributed by atoms with van der Waals surface area (Å²) < 4.78 is 7.82. The van der Waals surface area contributed by atoms with E-state index in [0.717, 1.165) is 16.6 Å². The molecule has 2 rings (SSSR count). The van der Waals surface area contributed by atoms with Gasteiger partial charge in [0.1, 0.15) is 0 Å². The average Bonchev–Trinajstić information content (AvgIpc) is 2.92. The molecule has 102 valence electrons. The topological polar surface area (TPSA) is 47.3 Å². The molecule has 0 aromatic carbocycles. The van der Waals surface area contributed by atoms with Crippen LogP contribution < -0.4 is 0 Å². The van der Waals surface area contributed by atoms with Crippen LogP contribution in [-0.4, -0.2) is 28.6 Å². The lowest BCUT2D eigenvalue weighted by Gasteiger charge is -2.23. The van der Waals surface area contributed by atoms with E-state index in [4.69, 9.17) is 4.74 Å². The van der Waals surface area contributed by atoms with Gasteiger partial charge in [-0.1, -0.05) is 19.8 Å². The number of nitrogens with zero attached hydrogens (tertiary/aromatic N) is 2. The standard InChI is InChI=1S/C13H21BrN2O2/c1-9-4-3-5-10(9)13(17)12-11(14)8-15-16(12)6-7-18-2/h8-10,13,17H,3-7H2,1-2H3. The normalized spacial score (nSPS) is 25.6. The first-order chi connectivity index (χ1) is 8.65. The van der Waals surface area contributed by atoms with Crippen LogP contribution in [-0.2, 0) is 11.3 Å². The van der Waals surface area contributed by atoms with Crippen molar-refractivity contribution in [2.24, 2.45) is 11.8 Å². The first-order valence-corrected chi connectivity index (χ1v) is 7.32. The van der Waals surface area contributed by atoms with E-state index in [1.165, 1.54) is 12.8 Å². The van der Waals surface area contributed by atoms with Gasteiger partial charge in [-0.05, 0) is 34.2 Å². The van der Waals surface area contributed by atoms with Gasteiger partial charge in [0.05, 0.1) is 35.6 Å². The van der Waals surface area contributed by atoms with E-state index in [-0.39, 0.29) is 0 Å². The van der Waals surface area contributed by atoms with Gasteiger partial charge in [-0.15, -0.1) is 0 Å². The number of ether oxygens (including phenoxy) is 1. The molecule has 0 saturated heterocycles. The third-order valence-corrected chi connectivity index (χ3v) is 4.56. The van der Waals surface area contributed by atoms with E-state index in [2.05, 4.69) is 28.0 Å². The van der Waals surface area contributed by atoms with Crippen LogP contribution in [0.2, 0.25) is 0 Å². The number of hydrogen-bond donors (Lipinski definition) is 1. The van der Waals surface area contributed by atoms with E-state index in [9.17, 15) is 5.11 Å². The van der Waals surface area contributed by atoms with Crippen molar-refractivity contribution < 1.29 is 9.84 Å². The summed E-state index contributed by atoms with van der Waals surface area (Å²) in [7, 11) is 1.67. The lowest BCUT2D eigenvalue weighted by Crippen LogP contribution is -2.20. The van der Waals surface area contributed by atoms with Gasteiger partial charge in [0.2, 0.25) is 0 Å². The van der Waals surface area contributed by atoms with Crippen LogP contribution in [0.4, 0.5) is 0 Å². The second kappa shape index (κ2) is 6.17. The predicted octanol–water partition coefficient (Wildman–Crippen LogP) is 2.76. The summed E-state index contributed by atoms with van der Waals surface area (Å²) in [5, 5.41) is 14.9. The maximum Gasteiger partial charge on any atom is 0.0998 e. The summed E-state index contributed by atoms with van der Waals surface area (Å²) in [5.74, 6) is 0.928. The zero-order valence-corrected chi connectivity index (χ0v) is 12.6. The second-order valence-corrected chi connectivity index (χ2v) is 5.96. The first-order valence-electron chi connectivity index (χ1n) is 6.53. The summed E-state index contributed by atoms with van der Waals surface area (Å²) >= 11 is 3.49. The maximum atomic E-state index is 10.6. The molecule has 1 aromatic rings. The van der Waals surface area contributed by atoms with Gasteiger partial charge in [0, 0.05) is 7.11 Å². The molecule has 0 bridgehead atoms. The smallest absolute Gasteiger partial charge is 0.0998 e. The minimum atomic E-state index is -0.434. The summed E-state index contributed by atoms with van der Waals surface area (Å²) in [4.78, 5) is 0. The maximum absolute atomic E-state index is 10.6. The van der Waals surface area contributed by atoms with Crippen molar-refractivity contribution in [3.63, 3.8) is 0 Å². The zero-order chi connectivity index (χ0) is 13.1. The average molecular weight is 317 g/mol. The molecule has 1 saturated carbocycles.